The van der Waals surface area contributed by atoms with E-state index in [1.54, 1.807) is 12.1 Å². The van der Waals surface area contributed by atoms with Gasteiger partial charge in [-0.05, 0) is 12.1 Å². The molecule has 0 aliphatic rings. The molecule has 0 radical (unpaired) electrons. The molecule has 13 heavy (non-hydrogen) atoms. The van der Waals surface area contributed by atoms with Crippen LogP contribution in [0.5, 0.6) is 0 Å². The smallest absolute Gasteiger partial charge is 0.0837 e. The molecule has 0 saturated heterocycles. The van der Waals surface area contributed by atoms with E-state index in [9.17, 15) is 4.21 Å². The van der Waals surface area contributed by atoms with Crippen molar-refractivity contribution in [2.75, 3.05) is 0 Å². The predicted molar refractivity (Wildman–Crippen MR) is 55.3 cm³/mol. The number of rotatable bonds is 1. The van der Waals surface area contributed by atoms with E-state index in [0.717, 1.165) is 15.7 Å². The van der Waals surface area contributed by atoms with Gasteiger partial charge in [0.25, 0.3) is 4.90 Å². The minimum absolute atomic E-state index is 0.498. The van der Waals surface area contributed by atoms with Crippen molar-refractivity contribution in [2.45, 2.75) is 4.90 Å². The number of hydrogen-bond donors (Lipinski definition) is 0. The third kappa shape index (κ3) is 1.43. The zero-order valence-corrected chi connectivity index (χ0v) is 8.23. The Morgan fingerprint density at radius 1 is 1.00 bits per heavy atom. The van der Waals surface area contributed by atoms with Crippen molar-refractivity contribution in [3.05, 3.63) is 41.4 Å². The summed E-state index contributed by atoms with van der Waals surface area (Å²) in [5, 5.41) is 2.55. The Bertz CT molecular complexity index is 467. The molecule has 2 rings (SSSR count). The molecule has 0 fully saturated rings. The molecule has 0 spiro atoms. The third-order valence-corrected chi connectivity index (χ3v) is 2.79. The highest BCUT2D eigenvalue weighted by Crippen LogP contribution is 2.26. The number of fused-ring (bicyclic) bond motifs is 1. The van der Waals surface area contributed by atoms with Crippen molar-refractivity contribution >= 4 is 34.0 Å². The molecular formula is C10H6ClOS+. The van der Waals surface area contributed by atoms with Gasteiger partial charge in [0, 0.05) is 20.7 Å². The molecule has 0 heterocycles. The van der Waals surface area contributed by atoms with Crippen molar-refractivity contribution < 1.29 is 4.21 Å². The van der Waals surface area contributed by atoms with Crippen molar-refractivity contribution in [1.82, 2.24) is 0 Å². The summed E-state index contributed by atoms with van der Waals surface area (Å²) in [7, 11) is 0. The summed E-state index contributed by atoms with van der Waals surface area (Å²) < 4.78 is 10.7. The summed E-state index contributed by atoms with van der Waals surface area (Å²) in [6.07, 6.45) is 0. The number of hydrogen-bond acceptors (Lipinski definition) is 1. The zero-order valence-electron chi connectivity index (χ0n) is 6.66. The Kier molecular flexibility index (Phi) is 2.25. The molecule has 0 aliphatic carbocycles. The summed E-state index contributed by atoms with van der Waals surface area (Å²) in [5.41, 5.74) is 0. The molecule has 0 aromatic heterocycles. The van der Waals surface area contributed by atoms with E-state index in [4.69, 9.17) is 11.6 Å². The van der Waals surface area contributed by atoms with Crippen LogP contribution in [0.4, 0.5) is 0 Å². The zero-order chi connectivity index (χ0) is 9.26. The normalized spacial score (nSPS) is 10.2. The van der Waals surface area contributed by atoms with Gasteiger partial charge in [0.1, 0.15) is 0 Å². The molecule has 64 valence electrons. The fourth-order valence-electron chi connectivity index (χ4n) is 1.31. The first kappa shape index (κ1) is 8.60. The number of benzene rings is 2. The average Bonchev–Trinajstić information content (AvgIpc) is 2.19. The number of halogens is 1. The van der Waals surface area contributed by atoms with Crippen molar-refractivity contribution in [3.8, 4) is 0 Å². The van der Waals surface area contributed by atoms with E-state index in [-0.39, 0.29) is 0 Å². The van der Waals surface area contributed by atoms with Gasteiger partial charge in [-0.3, -0.25) is 0 Å². The Labute approximate surface area is 84.8 Å². The largest absolute Gasteiger partial charge is 0.505 e. The van der Waals surface area contributed by atoms with Gasteiger partial charge in [-0.15, -0.1) is 0 Å². The Hall–Kier alpha value is -0.990. The van der Waals surface area contributed by atoms with Crippen LogP contribution in [0.25, 0.3) is 10.8 Å². The van der Waals surface area contributed by atoms with Gasteiger partial charge in [-0.1, -0.05) is 29.8 Å². The van der Waals surface area contributed by atoms with Gasteiger partial charge in [0.15, 0.2) is 0 Å². The Morgan fingerprint density at radius 3 is 2.38 bits per heavy atom. The second-order valence-corrected chi connectivity index (χ2v) is 3.69. The molecule has 0 amide bonds. The lowest BCUT2D eigenvalue weighted by atomic mass is 10.1. The highest BCUT2D eigenvalue weighted by molar-refractivity contribution is 7.65. The SMILES string of the molecule is O=[S+]c1ccc(Cl)c2ccccc12. The van der Waals surface area contributed by atoms with Crippen LogP contribution in [0.15, 0.2) is 41.3 Å². The van der Waals surface area contributed by atoms with Gasteiger partial charge in [0.05, 0.1) is 5.39 Å². The fourth-order valence-corrected chi connectivity index (χ4v) is 1.93. The molecule has 1 nitrogen and oxygen atoms in total. The van der Waals surface area contributed by atoms with Gasteiger partial charge >= 0.3 is 11.7 Å². The lowest BCUT2D eigenvalue weighted by Crippen LogP contribution is -1.79. The summed E-state index contributed by atoms with van der Waals surface area (Å²) in [6.45, 7) is 0. The van der Waals surface area contributed by atoms with E-state index in [0.29, 0.717) is 16.7 Å². The van der Waals surface area contributed by atoms with E-state index < -0.39 is 0 Å². The molecule has 0 bridgehead atoms. The van der Waals surface area contributed by atoms with Gasteiger partial charge < -0.3 is 0 Å². The maximum Gasteiger partial charge on any atom is 0.505 e. The maximum absolute atomic E-state index is 10.7. The molecule has 0 atom stereocenters. The van der Waals surface area contributed by atoms with E-state index in [2.05, 4.69) is 0 Å². The summed E-state index contributed by atoms with van der Waals surface area (Å²) >= 11 is 6.47. The van der Waals surface area contributed by atoms with Crippen LogP contribution in [-0.2, 0) is 15.9 Å². The molecule has 2 aromatic rings. The minimum Gasteiger partial charge on any atom is -0.0837 e. The summed E-state index contributed by atoms with van der Waals surface area (Å²) in [4.78, 5) is 0.722. The van der Waals surface area contributed by atoms with E-state index in [1.807, 2.05) is 24.3 Å². The molecule has 3 heteroatoms. The van der Waals surface area contributed by atoms with Crippen molar-refractivity contribution in [1.29, 1.82) is 0 Å². The van der Waals surface area contributed by atoms with Gasteiger partial charge in [0.2, 0.25) is 0 Å². The monoisotopic (exact) mass is 209 g/mol. The molecule has 0 N–H and O–H groups in total. The molecular weight excluding hydrogens is 204 g/mol. The Morgan fingerprint density at radius 2 is 1.69 bits per heavy atom. The predicted octanol–water partition coefficient (Wildman–Crippen LogP) is 3.28. The maximum atomic E-state index is 10.7. The average molecular weight is 210 g/mol. The minimum atomic E-state index is 0.498. The van der Waals surface area contributed by atoms with Crippen LogP contribution in [-0.4, -0.2) is 0 Å². The second kappa shape index (κ2) is 3.40. The fraction of sp³-hybridized carbons (Fsp3) is 0. The highest BCUT2D eigenvalue weighted by Gasteiger charge is 2.12. The van der Waals surface area contributed by atoms with Crippen LogP contribution in [0.2, 0.25) is 5.02 Å². The van der Waals surface area contributed by atoms with E-state index >= 15 is 0 Å². The van der Waals surface area contributed by atoms with Crippen LogP contribution in [0.1, 0.15) is 0 Å². The molecule has 0 saturated carbocycles. The summed E-state index contributed by atoms with van der Waals surface area (Å²) in [6, 6.07) is 11.1. The van der Waals surface area contributed by atoms with Crippen LogP contribution < -0.4 is 0 Å². The van der Waals surface area contributed by atoms with Crippen LogP contribution in [0.3, 0.4) is 0 Å². The first-order chi connectivity index (χ1) is 6.33. The molecule has 0 unspecified atom stereocenters. The van der Waals surface area contributed by atoms with Crippen molar-refractivity contribution in [3.63, 3.8) is 0 Å². The van der Waals surface area contributed by atoms with Gasteiger partial charge in [-0.25, -0.2) is 0 Å². The molecule has 0 aliphatic heterocycles. The first-order valence-electron chi connectivity index (χ1n) is 3.80. The molecule has 2 aromatic carbocycles. The third-order valence-electron chi connectivity index (χ3n) is 1.92. The Balaban J connectivity index is 2.92. The van der Waals surface area contributed by atoms with Crippen molar-refractivity contribution in [2.24, 2.45) is 0 Å². The van der Waals surface area contributed by atoms with E-state index in [1.165, 1.54) is 0 Å². The lowest BCUT2D eigenvalue weighted by molar-refractivity contribution is 0.605. The lowest BCUT2D eigenvalue weighted by Gasteiger charge is -1.96. The standard InChI is InChI=1S/C10H6ClOS/c11-9-5-6-10(13-12)8-4-2-1-3-7(8)9/h1-6H/q+1. The second-order valence-electron chi connectivity index (χ2n) is 2.67. The topological polar surface area (TPSA) is 17.1 Å². The van der Waals surface area contributed by atoms with Crippen LogP contribution in [0, 0.1) is 0 Å². The first-order valence-corrected chi connectivity index (χ1v) is 4.92. The highest BCUT2D eigenvalue weighted by atomic mass is 35.5. The summed E-state index contributed by atoms with van der Waals surface area (Å²) in [5.74, 6) is 0. The quantitative estimate of drug-likeness (QED) is 0.659. The van der Waals surface area contributed by atoms with Crippen LogP contribution >= 0.6 is 11.6 Å². The van der Waals surface area contributed by atoms with Gasteiger partial charge in [-0.2, -0.15) is 0 Å².